The number of benzene rings is 2. The average molecular weight is 344 g/mol. The normalized spacial score (nSPS) is 13.2. The van der Waals surface area contributed by atoms with E-state index >= 15 is 0 Å². The monoisotopic (exact) mass is 344 g/mol. The molecule has 0 spiro atoms. The molecule has 0 heterocycles. The van der Waals surface area contributed by atoms with E-state index in [0.29, 0.717) is 6.54 Å². The Morgan fingerprint density at radius 2 is 1.80 bits per heavy atom. The zero-order chi connectivity index (χ0) is 18.2. The quantitative estimate of drug-likeness (QED) is 0.539. The summed E-state index contributed by atoms with van der Waals surface area (Å²) in [5, 5.41) is 24.2. The molecule has 2 N–H and O–H groups in total. The van der Waals surface area contributed by atoms with Crippen molar-refractivity contribution in [2.75, 3.05) is 13.7 Å². The van der Waals surface area contributed by atoms with Gasteiger partial charge >= 0.3 is 0 Å². The maximum absolute atomic E-state index is 10.6. The maximum atomic E-state index is 10.6. The highest BCUT2D eigenvalue weighted by Gasteiger charge is 2.10. The van der Waals surface area contributed by atoms with Gasteiger partial charge in [0.1, 0.15) is 5.75 Å². The van der Waals surface area contributed by atoms with Gasteiger partial charge < -0.3 is 15.2 Å². The largest absolute Gasteiger partial charge is 0.497 e. The van der Waals surface area contributed by atoms with Crippen molar-refractivity contribution in [1.29, 1.82) is 0 Å². The van der Waals surface area contributed by atoms with E-state index in [9.17, 15) is 15.2 Å². The summed E-state index contributed by atoms with van der Waals surface area (Å²) >= 11 is 0. The Labute approximate surface area is 147 Å². The molecule has 0 aliphatic carbocycles. The number of aliphatic hydroxyl groups excluding tert-OH is 1. The lowest BCUT2D eigenvalue weighted by Crippen LogP contribution is -2.30. The molecular formula is C19H24N2O4. The topological polar surface area (TPSA) is 84.6 Å². The number of hydrogen-bond donors (Lipinski definition) is 2. The number of methoxy groups -OCH3 is 1. The van der Waals surface area contributed by atoms with Gasteiger partial charge in [-0.3, -0.25) is 10.1 Å². The van der Waals surface area contributed by atoms with Gasteiger partial charge in [-0.25, -0.2) is 0 Å². The highest BCUT2D eigenvalue weighted by molar-refractivity contribution is 5.33. The fourth-order valence-electron chi connectivity index (χ4n) is 2.53. The van der Waals surface area contributed by atoms with Gasteiger partial charge in [0.05, 0.1) is 18.1 Å². The lowest BCUT2D eigenvalue weighted by atomic mass is 10.0. The SMILES string of the molecule is COc1ccc([C@H](O)CN[C@H](C)CCc2ccc([N+](=O)[O-])cc2)cc1. The summed E-state index contributed by atoms with van der Waals surface area (Å²) in [6.07, 6.45) is 1.13. The van der Waals surface area contributed by atoms with Crippen LogP contribution in [0.5, 0.6) is 5.75 Å². The Kier molecular flexibility index (Phi) is 6.91. The van der Waals surface area contributed by atoms with Crippen LogP contribution in [0.3, 0.4) is 0 Å². The fraction of sp³-hybridized carbons (Fsp3) is 0.368. The van der Waals surface area contributed by atoms with Crippen molar-refractivity contribution in [1.82, 2.24) is 5.32 Å². The lowest BCUT2D eigenvalue weighted by molar-refractivity contribution is -0.384. The van der Waals surface area contributed by atoms with Gasteiger partial charge in [0.25, 0.3) is 5.69 Å². The molecule has 25 heavy (non-hydrogen) atoms. The summed E-state index contributed by atoms with van der Waals surface area (Å²) < 4.78 is 5.11. The van der Waals surface area contributed by atoms with Gasteiger partial charge in [0, 0.05) is 24.7 Å². The molecule has 0 saturated carbocycles. The van der Waals surface area contributed by atoms with E-state index < -0.39 is 11.0 Å². The predicted molar refractivity (Wildman–Crippen MR) is 96.8 cm³/mol. The minimum Gasteiger partial charge on any atom is -0.497 e. The number of nitro groups is 1. The molecular weight excluding hydrogens is 320 g/mol. The second kappa shape index (κ2) is 9.15. The molecule has 0 fully saturated rings. The van der Waals surface area contributed by atoms with Gasteiger partial charge in [-0.1, -0.05) is 24.3 Å². The zero-order valence-corrected chi connectivity index (χ0v) is 14.5. The first-order valence-corrected chi connectivity index (χ1v) is 8.28. The van der Waals surface area contributed by atoms with E-state index in [1.807, 2.05) is 24.3 Å². The summed E-state index contributed by atoms with van der Waals surface area (Å²) in [7, 11) is 1.61. The van der Waals surface area contributed by atoms with Gasteiger partial charge in [-0.05, 0) is 43.0 Å². The first-order valence-electron chi connectivity index (χ1n) is 8.28. The minimum absolute atomic E-state index is 0.109. The van der Waals surface area contributed by atoms with Crippen LogP contribution in [0.15, 0.2) is 48.5 Å². The first kappa shape index (κ1) is 18.9. The number of non-ortho nitro benzene ring substituents is 1. The van der Waals surface area contributed by atoms with Crippen molar-refractivity contribution < 1.29 is 14.8 Å². The number of aryl methyl sites for hydroxylation is 1. The zero-order valence-electron chi connectivity index (χ0n) is 14.5. The Hall–Kier alpha value is -2.44. The summed E-state index contributed by atoms with van der Waals surface area (Å²) in [6, 6.07) is 14.2. The van der Waals surface area contributed by atoms with Crippen molar-refractivity contribution in [3.8, 4) is 5.75 Å². The van der Waals surface area contributed by atoms with Crippen LogP contribution in [0.4, 0.5) is 5.69 Å². The molecule has 2 atom stereocenters. The molecule has 0 amide bonds. The van der Waals surface area contributed by atoms with Crippen LogP contribution in [-0.2, 0) is 6.42 Å². The van der Waals surface area contributed by atoms with Crippen molar-refractivity contribution in [2.45, 2.75) is 31.9 Å². The summed E-state index contributed by atoms with van der Waals surface area (Å²) in [5.41, 5.74) is 2.02. The molecule has 0 unspecified atom stereocenters. The van der Waals surface area contributed by atoms with Crippen molar-refractivity contribution in [3.05, 3.63) is 69.8 Å². The molecule has 0 radical (unpaired) electrons. The van der Waals surface area contributed by atoms with Crippen LogP contribution in [-0.4, -0.2) is 29.7 Å². The van der Waals surface area contributed by atoms with Gasteiger partial charge in [-0.15, -0.1) is 0 Å². The number of ether oxygens (including phenoxy) is 1. The molecule has 0 bridgehead atoms. The van der Waals surface area contributed by atoms with E-state index in [-0.39, 0.29) is 11.7 Å². The van der Waals surface area contributed by atoms with Crippen molar-refractivity contribution in [2.24, 2.45) is 0 Å². The van der Waals surface area contributed by atoms with Crippen LogP contribution in [0, 0.1) is 10.1 Å². The third-order valence-electron chi connectivity index (χ3n) is 4.17. The highest BCUT2D eigenvalue weighted by Crippen LogP contribution is 2.17. The van der Waals surface area contributed by atoms with Gasteiger partial charge in [-0.2, -0.15) is 0 Å². The van der Waals surface area contributed by atoms with Crippen molar-refractivity contribution >= 4 is 5.69 Å². The predicted octanol–water partition coefficient (Wildman–Crippen LogP) is 3.25. The molecule has 2 rings (SSSR count). The Morgan fingerprint density at radius 1 is 1.16 bits per heavy atom. The molecule has 6 heteroatoms. The summed E-state index contributed by atoms with van der Waals surface area (Å²) in [4.78, 5) is 10.3. The number of nitro benzene ring substituents is 1. The van der Waals surface area contributed by atoms with E-state index in [4.69, 9.17) is 4.74 Å². The third kappa shape index (κ3) is 5.85. The Balaban J connectivity index is 1.75. The summed E-state index contributed by atoms with van der Waals surface area (Å²) in [6.45, 7) is 2.53. The molecule has 2 aromatic rings. The molecule has 2 aromatic carbocycles. The second-order valence-electron chi connectivity index (χ2n) is 6.06. The first-order chi connectivity index (χ1) is 12.0. The molecule has 6 nitrogen and oxygen atoms in total. The standard InChI is InChI=1S/C19H24N2O4/c1-14(3-4-15-5-9-17(10-6-15)21(23)24)20-13-19(22)16-7-11-18(25-2)12-8-16/h5-12,14,19-20,22H,3-4,13H2,1-2H3/t14-,19-/m1/s1. The summed E-state index contributed by atoms with van der Waals surface area (Å²) in [5.74, 6) is 0.764. The van der Waals surface area contributed by atoms with E-state index in [1.165, 1.54) is 12.1 Å². The van der Waals surface area contributed by atoms with Crippen LogP contribution in [0.2, 0.25) is 0 Å². The number of nitrogens with zero attached hydrogens (tertiary/aromatic N) is 1. The van der Waals surface area contributed by atoms with Gasteiger partial charge in [0.15, 0.2) is 0 Å². The number of hydrogen-bond acceptors (Lipinski definition) is 5. The van der Waals surface area contributed by atoms with E-state index in [0.717, 1.165) is 29.7 Å². The van der Waals surface area contributed by atoms with E-state index in [2.05, 4.69) is 12.2 Å². The average Bonchev–Trinajstić information content (AvgIpc) is 2.64. The molecule has 0 aliphatic rings. The number of rotatable bonds is 9. The fourth-order valence-corrected chi connectivity index (χ4v) is 2.53. The minimum atomic E-state index is -0.576. The van der Waals surface area contributed by atoms with E-state index in [1.54, 1.807) is 19.2 Å². The number of nitrogens with one attached hydrogen (secondary N) is 1. The highest BCUT2D eigenvalue weighted by atomic mass is 16.6. The maximum Gasteiger partial charge on any atom is 0.269 e. The lowest BCUT2D eigenvalue weighted by Gasteiger charge is -2.17. The third-order valence-corrected chi connectivity index (χ3v) is 4.17. The van der Waals surface area contributed by atoms with Gasteiger partial charge in [0.2, 0.25) is 0 Å². The smallest absolute Gasteiger partial charge is 0.269 e. The van der Waals surface area contributed by atoms with Crippen LogP contribution >= 0.6 is 0 Å². The molecule has 134 valence electrons. The molecule has 0 aromatic heterocycles. The second-order valence-corrected chi connectivity index (χ2v) is 6.06. The Morgan fingerprint density at radius 3 is 2.36 bits per heavy atom. The number of aliphatic hydroxyl groups is 1. The van der Waals surface area contributed by atoms with Crippen molar-refractivity contribution in [3.63, 3.8) is 0 Å². The van der Waals surface area contributed by atoms with Crippen LogP contribution in [0.1, 0.15) is 30.6 Å². The molecule has 0 aliphatic heterocycles. The Bertz CT molecular complexity index is 671. The molecule has 0 saturated heterocycles. The van der Waals surface area contributed by atoms with Crippen LogP contribution in [0.25, 0.3) is 0 Å². The van der Waals surface area contributed by atoms with Crippen LogP contribution < -0.4 is 10.1 Å².